The maximum absolute atomic E-state index is 12.2. The summed E-state index contributed by atoms with van der Waals surface area (Å²) < 4.78 is 0. The van der Waals surface area contributed by atoms with Crippen LogP contribution in [0.3, 0.4) is 0 Å². The molecular weight excluding hydrogens is 252 g/mol. The van der Waals surface area contributed by atoms with Crippen molar-refractivity contribution in [1.82, 2.24) is 9.88 Å². The zero-order chi connectivity index (χ0) is 13.9. The van der Waals surface area contributed by atoms with Crippen molar-refractivity contribution in [2.24, 2.45) is 0 Å². The Labute approximate surface area is 117 Å². The summed E-state index contributed by atoms with van der Waals surface area (Å²) in [5, 5.41) is 10.2. The van der Waals surface area contributed by atoms with Crippen LogP contribution in [-0.4, -0.2) is 27.4 Å². The van der Waals surface area contributed by atoms with Gasteiger partial charge in [0.1, 0.15) is 0 Å². The third-order valence-electron chi connectivity index (χ3n) is 3.61. The Kier molecular flexibility index (Phi) is 3.48. The number of aliphatic hydroxyl groups excluding tert-OH is 1. The van der Waals surface area contributed by atoms with E-state index in [2.05, 4.69) is 4.98 Å². The van der Waals surface area contributed by atoms with Gasteiger partial charge in [-0.15, -0.1) is 0 Å². The summed E-state index contributed by atoms with van der Waals surface area (Å²) in [5.41, 5.74) is 2.46. The van der Waals surface area contributed by atoms with Crippen molar-refractivity contribution in [2.45, 2.75) is 19.1 Å². The third-order valence-corrected chi connectivity index (χ3v) is 3.61. The number of benzene rings is 1. The molecule has 2 heterocycles. The molecule has 0 aliphatic carbocycles. The van der Waals surface area contributed by atoms with Crippen molar-refractivity contribution in [3.05, 3.63) is 65.5 Å². The van der Waals surface area contributed by atoms with Gasteiger partial charge >= 0.3 is 0 Å². The summed E-state index contributed by atoms with van der Waals surface area (Å²) in [6.07, 6.45) is 4.42. The SMILES string of the molecule is O=C1c2ccccc2C(O)N1CCCc1cccnc1. The van der Waals surface area contributed by atoms with Crippen LogP contribution in [0.1, 0.15) is 34.1 Å². The number of carbonyl (C=O) groups excluding carboxylic acids is 1. The van der Waals surface area contributed by atoms with E-state index in [1.54, 1.807) is 18.3 Å². The van der Waals surface area contributed by atoms with Crippen LogP contribution in [0.5, 0.6) is 0 Å². The van der Waals surface area contributed by atoms with Crippen LogP contribution in [0.4, 0.5) is 0 Å². The molecule has 1 atom stereocenters. The number of amides is 1. The number of carbonyl (C=O) groups is 1. The first kappa shape index (κ1) is 12.8. The van der Waals surface area contributed by atoms with Crippen LogP contribution in [0.15, 0.2) is 48.8 Å². The predicted molar refractivity (Wildman–Crippen MR) is 75.0 cm³/mol. The van der Waals surface area contributed by atoms with Gasteiger partial charge in [-0.3, -0.25) is 9.78 Å². The van der Waals surface area contributed by atoms with Gasteiger partial charge in [-0.1, -0.05) is 24.3 Å². The molecule has 1 aromatic heterocycles. The second kappa shape index (κ2) is 5.43. The zero-order valence-corrected chi connectivity index (χ0v) is 11.1. The first-order valence-corrected chi connectivity index (χ1v) is 6.74. The number of aliphatic hydroxyl groups is 1. The van der Waals surface area contributed by atoms with Crippen LogP contribution in [0.2, 0.25) is 0 Å². The van der Waals surface area contributed by atoms with Gasteiger partial charge in [0.25, 0.3) is 5.91 Å². The van der Waals surface area contributed by atoms with Gasteiger partial charge in [0.05, 0.1) is 0 Å². The number of rotatable bonds is 4. The summed E-state index contributed by atoms with van der Waals surface area (Å²) in [5.74, 6) is -0.0840. The number of pyridine rings is 1. The van der Waals surface area contributed by atoms with E-state index in [1.165, 1.54) is 4.90 Å². The van der Waals surface area contributed by atoms with Crippen molar-refractivity contribution in [3.8, 4) is 0 Å². The molecule has 1 aliphatic rings. The number of hydrogen-bond acceptors (Lipinski definition) is 3. The lowest BCUT2D eigenvalue weighted by atomic mass is 10.1. The molecule has 0 saturated heterocycles. The van der Waals surface area contributed by atoms with Crippen LogP contribution >= 0.6 is 0 Å². The summed E-state index contributed by atoms with van der Waals surface area (Å²) in [4.78, 5) is 17.8. The topological polar surface area (TPSA) is 53.4 Å². The van der Waals surface area contributed by atoms with E-state index in [1.807, 2.05) is 30.5 Å². The molecule has 3 rings (SSSR count). The number of nitrogens with zero attached hydrogens (tertiary/aromatic N) is 2. The lowest BCUT2D eigenvalue weighted by Crippen LogP contribution is -2.29. The van der Waals surface area contributed by atoms with Crippen molar-refractivity contribution in [2.75, 3.05) is 6.54 Å². The first-order chi connectivity index (χ1) is 9.77. The Morgan fingerprint density at radius 2 is 2.05 bits per heavy atom. The maximum atomic E-state index is 12.2. The highest BCUT2D eigenvalue weighted by atomic mass is 16.3. The summed E-state index contributed by atoms with van der Waals surface area (Å²) >= 11 is 0. The van der Waals surface area contributed by atoms with Gasteiger partial charge in [-0.2, -0.15) is 0 Å². The van der Waals surface area contributed by atoms with E-state index in [4.69, 9.17) is 0 Å². The highest BCUT2D eigenvalue weighted by molar-refractivity contribution is 5.98. The Morgan fingerprint density at radius 1 is 1.20 bits per heavy atom. The minimum atomic E-state index is -0.812. The Bertz CT molecular complexity index is 613. The molecule has 102 valence electrons. The number of fused-ring (bicyclic) bond motifs is 1. The van der Waals surface area contributed by atoms with Crippen LogP contribution in [0.25, 0.3) is 0 Å². The molecular formula is C16H16N2O2. The highest BCUT2D eigenvalue weighted by Crippen LogP contribution is 2.31. The lowest BCUT2D eigenvalue weighted by Gasteiger charge is -2.20. The second-order valence-electron chi connectivity index (χ2n) is 4.92. The fraction of sp³-hybridized carbons (Fsp3) is 0.250. The highest BCUT2D eigenvalue weighted by Gasteiger charge is 2.34. The van der Waals surface area contributed by atoms with E-state index in [-0.39, 0.29) is 5.91 Å². The molecule has 4 heteroatoms. The van der Waals surface area contributed by atoms with E-state index < -0.39 is 6.23 Å². The monoisotopic (exact) mass is 268 g/mol. The number of hydrogen-bond donors (Lipinski definition) is 1. The van der Waals surface area contributed by atoms with Gasteiger partial charge in [0.15, 0.2) is 6.23 Å². The molecule has 2 aromatic rings. The van der Waals surface area contributed by atoms with Gasteiger partial charge in [0.2, 0.25) is 0 Å². The van der Waals surface area contributed by atoms with E-state index >= 15 is 0 Å². The minimum Gasteiger partial charge on any atom is -0.369 e. The molecule has 0 fully saturated rings. The molecule has 1 aliphatic heterocycles. The van der Waals surface area contributed by atoms with Gasteiger partial charge in [-0.05, 0) is 30.5 Å². The standard InChI is InChI=1S/C16H16N2O2/c19-15-13-7-1-2-8-14(13)16(20)18(15)10-4-6-12-5-3-9-17-11-12/h1-3,5,7-9,11,15,19H,4,6,10H2. The smallest absolute Gasteiger partial charge is 0.256 e. The average molecular weight is 268 g/mol. The van der Waals surface area contributed by atoms with Crippen molar-refractivity contribution < 1.29 is 9.90 Å². The molecule has 4 nitrogen and oxygen atoms in total. The predicted octanol–water partition coefficient (Wildman–Crippen LogP) is 2.16. The second-order valence-corrected chi connectivity index (χ2v) is 4.92. The van der Waals surface area contributed by atoms with E-state index in [0.29, 0.717) is 17.7 Å². The Balaban J connectivity index is 1.64. The molecule has 1 N–H and O–H groups in total. The summed E-state index contributed by atoms with van der Waals surface area (Å²) in [6.45, 7) is 0.545. The van der Waals surface area contributed by atoms with Crippen LogP contribution in [0, 0.1) is 0 Å². The fourth-order valence-electron chi connectivity index (χ4n) is 2.57. The first-order valence-electron chi connectivity index (χ1n) is 6.74. The molecule has 0 saturated carbocycles. The van der Waals surface area contributed by atoms with Gasteiger partial charge in [0, 0.05) is 30.1 Å². The molecule has 20 heavy (non-hydrogen) atoms. The molecule has 0 bridgehead atoms. The minimum absolute atomic E-state index is 0.0840. The quantitative estimate of drug-likeness (QED) is 0.924. The Hall–Kier alpha value is -2.20. The molecule has 0 spiro atoms. The fourth-order valence-corrected chi connectivity index (χ4v) is 2.57. The lowest BCUT2D eigenvalue weighted by molar-refractivity contribution is 0.0172. The van der Waals surface area contributed by atoms with Crippen LogP contribution < -0.4 is 0 Å². The van der Waals surface area contributed by atoms with Crippen molar-refractivity contribution in [3.63, 3.8) is 0 Å². The van der Waals surface area contributed by atoms with Crippen LogP contribution in [-0.2, 0) is 6.42 Å². The number of aromatic nitrogens is 1. The van der Waals surface area contributed by atoms with E-state index in [0.717, 1.165) is 18.4 Å². The summed E-state index contributed by atoms with van der Waals surface area (Å²) in [6, 6.07) is 11.2. The molecule has 1 amide bonds. The zero-order valence-electron chi connectivity index (χ0n) is 11.1. The average Bonchev–Trinajstić information content (AvgIpc) is 2.74. The third kappa shape index (κ3) is 2.30. The normalized spacial score (nSPS) is 17.4. The molecule has 1 unspecified atom stereocenters. The molecule has 0 radical (unpaired) electrons. The summed E-state index contributed by atoms with van der Waals surface area (Å²) in [7, 11) is 0. The van der Waals surface area contributed by atoms with E-state index in [9.17, 15) is 9.90 Å². The van der Waals surface area contributed by atoms with Gasteiger partial charge < -0.3 is 10.0 Å². The van der Waals surface area contributed by atoms with Crippen molar-refractivity contribution in [1.29, 1.82) is 0 Å². The molecule has 1 aromatic carbocycles. The number of aryl methyl sites for hydroxylation is 1. The Morgan fingerprint density at radius 3 is 2.80 bits per heavy atom. The maximum Gasteiger partial charge on any atom is 0.256 e. The van der Waals surface area contributed by atoms with Gasteiger partial charge in [-0.25, -0.2) is 0 Å². The van der Waals surface area contributed by atoms with Crippen molar-refractivity contribution >= 4 is 5.91 Å². The largest absolute Gasteiger partial charge is 0.369 e.